The molecular weight excluding hydrogens is 348 g/mol. The Morgan fingerprint density at radius 2 is 2.00 bits per heavy atom. The Labute approximate surface area is 156 Å². The van der Waals surface area contributed by atoms with Crippen LogP contribution in [-0.4, -0.2) is 33.0 Å². The lowest BCUT2D eigenvalue weighted by Gasteiger charge is -2.19. The minimum atomic E-state index is -0.0361. The molecule has 0 N–H and O–H groups in total. The lowest BCUT2D eigenvalue weighted by Crippen LogP contribution is -2.38. The standard InChI is InChI=1S/C20H20N2OS2/c1-13-6-5-8-16(10-13)21-20-22(12-14(2)24-20)19(23)18-11-15-7-3-4-9-17(15)25-18/h3-10,14,18H,11-12H2,1-2H3. The number of hydrogen-bond acceptors (Lipinski definition) is 4. The fraction of sp³-hybridized carbons (Fsp3) is 0.300. The zero-order chi connectivity index (χ0) is 17.4. The average molecular weight is 369 g/mol. The lowest BCUT2D eigenvalue weighted by molar-refractivity contribution is -0.126. The van der Waals surface area contributed by atoms with Gasteiger partial charge in [0.05, 0.1) is 10.9 Å². The number of amidine groups is 1. The normalized spacial score (nSPS) is 23.9. The Bertz CT molecular complexity index is 824. The molecule has 0 aliphatic carbocycles. The number of fused-ring (bicyclic) bond motifs is 1. The summed E-state index contributed by atoms with van der Waals surface area (Å²) in [5, 5.41) is 1.17. The van der Waals surface area contributed by atoms with Crippen LogP contribution in [0.15, 0.2) is 58.4 Å². The Balaban J connectivity index is 1.57. The van der Waals surface area contributed by atoms with Crippen LogP contribution in [0.3, 0.4) is 0 Å². The topological polar surface area (TPSA) is 32.7 Å². The summed E-state index contributed by atoms with van der Waals surface area (Å²) in [6.07, 6.45) is 0.812. The first-order valence-electron chi connectivity index (χ1n) is 8.48. The van der Waals surface area contributed by atoms with E-state index in [1.54, 1.807) is 23.5 Å². The smallest absolute Gasteiger partial charge is 0.242 e. The van der Waals surface area contributed by atoms with Crippen molar-refractivity contribution in [3.63, 3.8) is 0 Å². The molecule has 3 nitrogen and oxygen atoms in total. The van der Waals surface area contributed by atoms with Crippen molar-refractivity contribution >= 4 is 40.3 Å². The highest BCUT2D eigenvalue weighted by atomic mass is 32.2. The highest BCUT2D eigenvalue weighted by Crippen LogP contribution is 2.39. The number of aliphatic imine (C=N–C) groups is 1. The predicted molar refractivity (Wildman–Crippen MR) is 107 cm³/mol. The summed E-state index contributed by atoms with van der Waals surface area (Å²) in [6.45, 7) is 4.95. The molecular formula is C20H20N2OS2. The van der Waals surface area contributed by atoms with Crippen molar-refractivity contribution in [1.82, 2.24) is 4.90 Å². The molecule has 2 aromatic rings. The van der Waals surface area contributed by atoms with Crippen molar-refractivity contribution in [2.24, 2.45) is 4.99 Å². The van der Waals surface area contributed by atoms with Gasteiger partial charge >= 0.3 is 0 Å². The number of carbonyl (C=O) groups is 1. The number of nitrogens with zero attached hydrogens (tertiary/aromatic N) is 2. The molecule has 1 amide bonds. The molecule has 2 atom stereocenters. The second-order valence-corrected chi connectivity index (χ2v) is 9.18. The Kier molecular flexibility index (Phi) is 4.61. The van der Waals surface area contributed by atoms with Crippen LogP contribution < -0.4 is 0 Å². The fourth-order valence-electron chi connectivity index (χ4n) is 3.19. The number of thioether (sulfide) groups is 2. The Morgan fingerprint density at radius 3 is 2.80 bits per heavy atom. The van der Waals surface area contributed by atoms with E-state index < -0.39 is 0 Å². The molecule has 25 heavy (non-hydrogen) atoms. The molecule has 2 heterocycles. The summed E-state index contributed by atoms with van der Waals surface area (Å²) in [6, 6.07) is 16.4. The molecule has 0 spiro atoms. The maximum atomic E-state index is 13.1. The van der Waals surface area contributed by atoms with E-state index in [0.29, 0.717) is 5.25 Å². The van der Waals surface area contributed by atoms with E-state index in [1.807, 2.05) is 29.2 Å². The van der Waals surface area contributed by atoms with E-state index >= 15 is 0 Å². The van der Waals surface area contributed by atoms with Gasteiger partial charge in [0.1, 0.15) is 0 Å². The molecule has 2 aliphatic heterocycles. The van der Waals surface area contributed by atoms with E-state index in [9.17, 15) is 4.79 Å². The van der Waals surface area contributed by atoms with Gasteiger partial charge in [0.2, 0.25) is 5.91 Å². The minimum absolute atomic E-state index is 0.0361. The van der Waals surface area contributed by atoms with Gasteiger partial charge in [-0.3, -0.25) is 9.69 Å². The minimum Gasteiger partial charge on any atom is -0.289 e. The molecule has 4 rings (SSSR count). The number of benzene rings is 2. The third kappa shape index (κ3) is 3.48. The second kappa shape index (κ2) is 6.89. The first-order valence-corrected chi connectivity index (χ1v) is 10.2. The van der Waals surface area contributed by atoms with Gasteiger partial charge in [-0.2, -0.15) is 0 Å². The Morgan fingerprint density at radius 1 is 1.16 bits per heavy atom. The number of rotatable bonds is 2. The molecule has 2 unspecified atom stereocenters. The van der Waals surface area contributed by atoms with E-state index in [2.05, 4.69) is 38.1 Å². The van der Waals surface area contributed by atoms with Crippen LogP contribution in [0.5, 0.6) is 0 Å². The van der Waals surface area contributed by atoms with E-state index in [-0.39, 0.29) is 11.2 Å². The average Bonchev–Trinajstić information content (AvgIpc) is 3.17. The lowest BCUT2D eigenvalue weighted by atomic mass is 10.1. The van der Waals surface area contributed by atoms with Gasteiger partial charge in [-0.1, -0.05) is 49.0 Å². The summed E-state index contributed by atoms with van der Waals surface area (Å²) in [7, 11) is 0. The van der Waals surface area contributed by atoms with Gasteiger partial charge < -0.3 is 0 Å². The number of aryl methyl sites for hydroxylation is 1. The van der Waals surface area contributed by atoms with Crippen LogP contribution in [0.2, 0.25) is 0 Å². The van der Waals surface area contributed by atoms with Gasteiger partial charge in [-0.15, -0.1) is 11.8 Å². The van der Waals surface area contributed by atoms with E-state index in [4.69, 9.17) is 4.99 Å². The maximum absolute atomic E-state index is 13.1. The van der Waals surface area contributed by atoms with Crippen molar-refractivity contribution in [3.8, 4) is 0 Å². The second-order valence-electron chi connectivity index (χ2n) is 6.53. The quantitative estimate of drug-likeness (QED) is 0.773. The van der Waals surface area contributed by atoms with Crippen molar-refractivity contribution < 1.29 is 4.79 Å². The molecule has 0 saturated carbocycles. The predicted octanol–water partition coefficient (Wildman–Crippen LogP) is 4.66. The highest BCUT2D eigenvalue weighted by Gasteiger charge is 2.37. The molecule has 0 bridgehead atoms. The van der Waals surface area contributed by atoms with Gasteiger partial charge in [0.25, 0.3) is 0 Å². The monoisotopic (exact) mass is 368 g/mol. The third-order valence-electron chi connectivity index (χ3n) is 4.39. The van der Waals surface area contributed by atoms with Gasteiger partial charge in [-0.05, 0) is 42.7 Å². The summed E-state index contributed by atoms with van der Waals surface area (Å²) in [5.41, 5.74) is 3.37. The molecule has 2 aromatic carbocycles. The SMILES string of the molecule is Cc1cccc(N=C2SC(C)CN2C(=O)C2Cc3ccccc3S2)c1. The summed E-state index contributed by atoms with van der Waals surface area (Å²) < 4.78 is 0. The molecule has 0 aromatic heterocycles. The largest absolute Gasteiger partial charge is 0.289 e. The van der Waals surface area contributed by atoms with Crippen LogP contribution >= 0.6 is 23.5 Å². The zero-order valence-corrected chi connectivity index (χ0v) is 15.9. The summed E-state index contributed by atoms with van der Waals surface area (Å²) in [5.74, 6) is 0.185. The zero-order valence-electron chi connectivity index (χ0n) is 14.3. The molecule has 0 radical (unpaired) electrons. The van der Waals surface area contributed by atoms with Crippen molar-refractivity contribution in [2.75, 3.05) is 6.54 Å². The molecule has 2 aliphatic rings. The van der Waals surface area contributed by atoms with Gasteiger partial charge in [0, 0.05) is 16.7 Å². The molecule has 1 fully saturated rings. The van der Waals surface area contributed by atoms with Crippen LogP contribution in [0.25, 0.3) is 0 Å². The summed E-state index contributed by atoms with van der Waals surface area (Å²) >= 11 is 3.38. The van der Waals surface area contributed by atoms with Crippen molar-refractivity contribution in [3.05, 3.63) is 59.7 Å². The first-order chi connectivity index (χ1) is 12.1. The van der Waals surface area contributed by atoms with Gasteiger partial charge in [-0.25, -0.2) is 4.99 Å². The summed E-state index contributed by atoms with van der Waals surface area (Å²) in [4.78, 5) is 21.0. The molecule has 5 heteroatoms. The van der Waals surface area contributed by atoms with E-state index in [0.717, 1.165) is 23.8 Å². The van der Waals surface area contributed by atoms with Crippen LogP contribution in [0.4, 0.5) is 5.69 Å². The van der Waals surface area contributed by atoms with Crippen molar-refractivity contribution in [1.29, 1.82) is 0 Å². The van der Waals surface area contributed by atoms with Crippen molar-refractivity contribution in [2.45, 2.75) is 35.7 Å². The van der Waals surface area contributed by atoms with E-state index in [1.165, 1.54) is 16.0 Å². The Hall–Kier alpha value is -1.72. The number of hydrogen-bond donors (Lipinski definition) is 0. The maximum Gasteiger partial charge on any atom is 0.242 e. The molecule has 1 saturated heterocycles. The molecule has 128 valence electrons. The van der Waals surface area contributed by atoms with Crippen LogP contribution in [0.1, 0.15) is 18.1 Å². The van der Waals surface area contributed by atoms with Gasteiger partial charge in [0.15, 0.2) is 5.17 Å². The number of carbonyl (C=O) groups excluding carboxylic acids is 1. The van der Waals surface area contributed by atoms with Crippen LogP contribution in [-0.2, 0) is 11.2 Å². The highest BCUT2D eigenvalue weighted by molar-refractivity contribution is 8.14. The fourth-order valence-corrected chi connectivity index (χ4v) is 5.48. The van der Waals surface area contributed by atoms with Crippen LogP contribution in [0, 0.1) is 6.92 Å². The first kappa shape index (κ1) is 16.7. The third-order valence-corrected chi connectivity index (χ3v) is 6.77. The number of amides is 1.